The number of hydrogen-bond donors (Lipinski definition) is 1. The molecule has 70 valence electrons. The molecule has 1 aromatic heterocycles. The molecule has 0 atom stereocenters. The van der Waals surface area contributed by atoms with E-state index in [2.05, 4.69) is 9.98 Å². The number of nitrogens with two attached hydrogens (primary N) is 1. The van der Waals surface area contributed by atoms with E-state index in [-0.39, 0.29) is 0 Å². The summed E-state index contributed by atoms with van der Waals surface area (Å²) in [4.78, 5) is 8.50. The highest BCUT2D eigenvalue weighted by Crippen LogP contribution is 1.99. The van der Waals surface area contributed by atoms with Crippen molar-refractivity contribution < 1.29 is 0 Å². The third-order valence-corrected chi connectivity index (χ3v) is 1.75. The third kappa shape index (κ3) is 3.23. The van der Waals surface area contributed by atoms with Gasteiger partial charge in [0.2, 0.25) is 0 Å². The van der Waals surface area contributed by atoms with E-state index >= 15 is 0 Å². The molecule has 0 radical (unpaired) electrons. The van der Waals surface area contributed by atoms with Crippen molar-refractivity contribution in [2.45, 2.75) is 26.8 Å². The zero-order valence-electron chi connectivity index (χ0n) is 8.12. The molecule has 0 saturated carbocycles. The number of aromatic nitrogens is 1. The van der Waals surface area contributed by atoms with E-state index in [9.17, 15) is 0 Å². The van der Waals surface area contributed by atoms with Crippen LogP contribution in [-0.2, 0) is 6.54 Å². The zero-order chi connectivity index (χ0) is 9.68. The van der Waals surface area contributed by atoms with Crippen molar-refractivity contribution in [3.8, 4) is 0 Å². The van der Waals surface area contributed by atoms with Crippen LogP contribution < -0.4 is 5.73 Å². The molecule has 1 rings (SSSR count). The fourth-order valence-electron chi connectivity index (χ4n) is 0.982. The largest absolute Gasteiger partial charge is 0.387 e. The van der Waals surface area contributed by atoms with E-state index in [0.717, 1.165) is 17.8 Å². The third-order valence-electron chi connectivity index (χ3n) is 1.75. The minimum atomic E-state index is 0.585. The summed E-state index contributed by atoms with van der Waals surface area (Å²) in [7, 11) is 0. The van der Waals surface area contributed by atoms with Crippen LogP contribution in [0.25, 0.3) is 0 Å². The van der Waals surface area contributed by atoms with E-state index in [1.807, 2.05) is 32.0 Å². The second-order valence-corrected chi connectivity index (χ2v) is 2.93. The van der Waals surface area contributed by atoms with Gasteiger partial charge in [0.15, 0.2) is 0 Å². The van der Waals surface area contributed by atoms with Gasteiger partial charge in [0.1, 0.15) is 0 Å². The Morgan fingerprint density at radius 1 is 1.54 bits per heavy atom. The smallest absolute Gasteiger partial charge is 0.0939 e. The van der Waals surface area contributed by atoms with Gasteiger partial charge in [0.05, 0.1) is 18.1 Å². The van der Waals surface area contributed by atoms with Gasteiger partial charge in [-0.15, -0.1) is 0 Å². The number of pyridine rings is 1. The number of aryl methyl sites for hydroxylation is 1. The summed E-state index contributed by atoms with van der Waals surface area (Å²) in [6, 6.07) is 5.91. The highest BCUT2D eigenvalue weighted by atomic mass is 14.9. The lowest BCUT2D eigenvalue weighted by atomic mass is 10.3. The molecule has 2 N–H and O–H groups in total. The molecule has 1 aromatic rings. The average molecular weight is 177 g/mol. The molecule has 0 aliphatic rings. The number of hydrogen-bond acceptors (Lipinski definition) is 2. The van der Waals surface area contributed by atoms with Crippen molar-refractivity contribution in [2.24, 2.45) is 10.7 Å². The molecule has 13 heavy (non-hydrogen) atoms. The molecule has 0 aliphatic carbocycles. The van der Waals surface area contributed by atoms with Crippen LogP contribution in [0.4, 0.5) is 0 Å². The molecular weight excluding hydrogens is 162 g/mol. The Kier molecular flexibility index (Phi) is 3.43. The molecule has 0 amide bonds. The summed E-state index contributed by atoms with van der Waals surface area (Å²) in [5.74, 6) is 0.684. The van der Waals surface area contributed by atoms with E-state index < -0.39 is 0 Å². The molecule has 3 nitrogen and oxygen atoms in total. The summed E-state index contributed by atoms with van der Waals surface area (Å²) < 4.78 is 0. The van der Waals surface area contributed by atoms with Crippen molar-refractivity contribution in [3.05, 3.63) is 29.6 Å². The number of nitrogens with zero attached hydrogens (tertiary/aromatic N) is 2. The van der Waals surface area contributed by atoms with Crippen LogP contribution in [0.2, 0.25) is 0 Å². The maximum atomic E-state index is 5.58. The standard InChI is InChI=1S/C10H15N3/c1-3-10(11)12-7-9-6-4-5-8(2)13-9/h4-6H,3,7H2,1-2H3,(H2,11,12). The molecule has 1 heterocycles. The van der Waals surface area contributed by atoms with Crippen LogP contribution in [0, 0.1) is 6.92 Å². The van der Waals surface area contributed by atoms with Crippen LogP contribution in [0.1, 0.15) is 24.7 Å². The van der Waals surface area contributed by atoms with Gasteiger partial charge >= 0.3 is 0 Å². The van der Waals surface area contributed by atoms with Crippen LogP contribution in [-0.4, -0.2) is 10.8 Å². The van der Waals surface area contributed by atoms with Crippen LogP contribution in [0.5, 0.6) is 0 Å². The van der Waals surface area contributed by atoms with Gasteiger partial charge in [-0.3, -0.25) is 9.98 Å². The Morgan fingerprint density at radius 3 is 2.92 bits per heavy atom. The molecule has 3 heteroatoms. The summed E-state index contributed by atoms with van der Waals surface area (Å²) in [5.41, 5.74) is 7.57. The van der Waals surface area contributed by atoms with E-state index in [0.29, 0.717) is 12.4 Å². The van der Waals surface area contributed by atoms with Crippen molar-refractivity contribution in [1.29, 1.82) is 0 Å². The van der Waals surface area contributed by atoms with Crippen LogP contribution in [0.15, 0.2) is 23.2 Å². The molecule has 0 bridgehead atoms. The van der Waals surface area contributed by atoms with E-state index in [4.69, 9.17) is 5.73 Å². The minimum Gasteiger partial charge on any atom is -0.387 e. The Balaban J connectivity index is 2.64. The van der Waals surface area contributed by atoms with Gasteiger partial charge in [-0.2, -0.15) is 0 Å². The molecule has 0 aromatic carbocycles. The van der Waals surface area contributed by atoms with Crippen LogP contribution in [0.3, 0.4) is 0 Å². The van der Waals surface area contributed by atoms with Crippen molar-refractivity contribution >= 4 is 5.84 Å². The quantitative estimate of drug-likeness (QED) is 0.564. The molecule has 0 aliphatic heterocycles. The molecular formula is C10H15N3. The van der Waals surface area contributed by atoms with Crippen molar-refractivity contribution in [2.75, 3.05) is 0 Å². The average Bonchev–Trinajstić information content (AvgIpc) is 2.14. The Hall–Kier alpha value is -1.38. The Bertz CT molecular complexity index is 305. The highest BCUT2D eigenvalue weighted by molar-refractivity contribution is 5.79. The highest BCUT2D eigenvalue weighted by Gasteiger charge is 1.93. The molecule has 0 unspecified atom stereocenters. The summed E-state index contributed by atoms with van der Waals surface area (Å²) in [6.07, 6.45) is 0.797. The van der Waals surface area contributed by atoms with Crippen LogP contribution >= 0.6 is 0 Å². The van der Waals surface area contributed by atoms with Gasteiger partial charge in [0, 0.05) is 12.1 Å². The maximum absolute atomic E-state index is 5.58. The number of rotatable bonds is 3. The van der Waals surface area contributed by atoms with Crippen molar-refractivity contribution in [3.63, 3.8) is 0 Å². The first kappa shape index (κ1) is 9.71. The first-order valence-corrected chi connectivity index (χ1v) is 4.43. The lowest BCUT2D eigenvalue weighted by Crippen LogP contribution is -2.10. The second kappa shape index (κ2) is 4.60. The topological polar surface area (TPSA) is 51.3 Å². The monoisotopic (exact) mass is 177 g/mol. The molecule has 0 spiro atoms. The predicted octanol–water partition coefficient (Wildman–Crippen LogP) is 1.66. The van der Waals surface area contributed by atoms with E-state index in [1.165, 1.54) is 0 Å². The van der Waals surface area contributed by atoms with Gasteiger partial charge in [-0.25, -0.2) is 0 Å². The number of amidine groups is 1. The van der Waals surface area contributed by atoms with Crippen molar-refractivity contribution in [1.82, 2.24) is 4.98 Å². The zero-order valence-corrected chi connectivity index (χ0v) is 8.12. The van der Waals surface area contributed by atoms with E-state index in [1.54, 1.807) is 0 Å². The maximum Gasteiger partial charge on any atom is 0.0939 e. The molecule has 0 saturated heterocycles. The Morgan fingerprint density at radius 2 is 2.31 bits per heavy atom. The van der Waals surface area contributed by atoms with Gasteiger partial charge in [-0.05, 0) is 19.1 Å². The Labute approximate surface area is 78.7 Å². The fraction of sp³-hybridized carbons (Fsp3) is 0.400. The fourth-order valence-corrected chi connectivity index (χ4v) is 0.982. The minimum absolute atomic E-state index is 0.585. The van der Waals surface area contributed by atoms with Gasteiger partial charge < -0.3 is 5.73 Å². The molecule has 0 fully saturated rings. The SMILES string of the molecule is CCC(N)=NCc1cccc(C)n1. The first-order chi connectivity index (χ1) is 6.22. The van der Waals surface area contributed by atoms with Gasteiger partial charge in [-0.1, -0.05) is 13.0 Å². The summed E-state index contributed by atoms with van der Waals surface area (Å²) in [5, 5.41) is 0. The first-order valence-electron chi connectivity index (χ1n) is 4.43. The lowest BCUT2D eigenvalue weighted by molar-refractivity contribution is 0.957. The predicted molar refractivity (Wildman–Crippen MR) is 54.6 cm³/mol. The second-order valence-electron chi connectivity index (χ2n) is 2.93. The summed E-state index contributed by atoms with van der Waals surface area (Å²) >= 11 is 0. The summed E-state index contributed by atoms with van der Waals surface area (Å²) in [6.45, 7) is 4.54. The normalized spacial score (nSPS) is 11.7. The van der Waals surface area contributed by atoms with Gasteiger partial charge in [0.25, 0.3) is 0 Å². The lowest BCUT2D eigenvalue weighted by Gasteiger charge is -1.98. The number of aliphatic imine (C=N–C) groups is 1.